The summed E-state index contributed by atoms with van der Waals surface area (Å²) in [6.45, 7) is 0. The van der Waals surface area contributed by atoms with Crippen LogP contribution in [0.2, 0.25) is 0 Å². The quantitative estimate of drug-likeness (QED) is 0.639. The Balaban J connectivity index is 2.89. The van der Waals surface area contributed by atoms with Gasteiger partial charge in [0.05, 0.1) is 0 Å². The van der Waals surface area contributed by atoms with E-state index in [0.29, 0.717) is 11.4 Å². The Bertz CT molecular complexity index is 314. The summed E-state index contributed by atoms with van der Waals surface area (Å²) in [7, 11) is 0. The number of hydrogen-bond acceptors (Lipinski definition) is 2. The van der Waals surface area contributed by atoms with E-state index in [4.69, 9.17) is 11.5 Å². The van der Waals surface area contributed by atoms with Gasteiger partial charge in [0.1, 0.15) is 0 Å². The number of benzene rings is 1. The van der Waals surface area contributed by atoms with E-state index >= 15 is 0 Å². The molecule has 0 heterocycles. The average molecular weight is 230 g/mol. The standard InChI is InChI=1S/C7H8BrN3O/c8-5-2-1-4(3-6(5)9)11-7(10)12/h1-3H,9H2,(H3,10,11,12). The molecule has 0 atom stereocenters. The fraction of sp³-hybridized carbons (Fsp3) is 0. The Morgan fingerprint density at radius 2 is 2.17 bits per heavy atom. The van der Waals surface area contributed by atoms with Crippen molar-refractivity contribution in [3.8, 4) is 0 Å². The third-order valence-corrected chi connectivity index (χ3v) is 1.99. The van der Waals surface area contributed by atoms with Crippen molar-refractivity contribution in [2.45, 2.75) is 0 Å². The molecule has 0 radical (unpaired) electrons. The van der Waals surface area contributed by atoms with E-state index < -0.39 is 6.03 Å². The maximum absolute atomic E-state index is 10.4. The van der Waals surface area contributed by atoms with Gasteiger partial charge in [-0.05, 0) is 34.1 Å². The van der Waals surface area contributed by atoms with Crippen molar-refractivity contribution in [1.82, 2.24) is 0 Å². The maximum atomic E-state index is 10.4. The van der Waals surface area contributed by atoms with Gasteiger partial charge >= 0.3 is 6.03 Å². The Labute approximate surface area is 78.1 Å². The summed E-state index contributed by atoms with van der Waals surface area (Å²) in [6, 6.07) is 4.46. The van der Waals surface area contributed by atoms with Crippen molar-refractivity contribution < 1.29 is 4.79 Å². The second kappa shape index (κ2) is 3.44. The molecule has 2 amide bonds. The SMILES string of the molecule is NC(=O)Nc1ccc(Br)c(N)c1. The van der Waals surface area contributed by atoms with Crippen LogP contribution in [0.4, 0.5) is 16.2 Å². The van der Waals surface area contributed by atoms with Crippen molar-refractivity contribution in [2.24, 2.45) is 5.73 Å². The molecule has 0 fully saturated rings. The van der Waals surface area contributed by atoms with Gasteiger partial charge in [0.25, 0.3) is 0 Å². The highest BCUT2D eigenvalue weighted by Crippen LogP contribution is 2.22. The van der Waals surface area contributed by atoms with E-state index in [9.17, 15) is 4.79 Å². The van der Waals surface area contributed by atoms with Gasteiger partial charge in [-0.15, -0.1) is 0 Å². The van der Waals surface area contributed by atoms with Gasteiger partial charge in [-0.2, -0.15) is 0 Å². The number of nitrogens with one attached hydrogen (secondary N) is 1. The van der Waals surface area contributed by atoms with Crippen molar-refractivity contribution in [2.75, 3.05) is 11.1 Å². The molecule has 0 saturated heterocycles. The Morgan fingerprint density at radius 1 is 1.50 bits per heavy atom. The molecule has 1 aromatic carbocycles. The maximum Gasteiger partial charge on any atom is 0.316 e. The van der Waals surface area contributed by atoms with Crippen LogP contribution in [0.25, 0.3) is 0 Å². The number of urea groups is 1. The average Bonchev–Trinajstić information content (AvgIpc) is 1.96. The van der Waals surface area contributed by atoms with Gasteiger partial charge in [-0.25, -0.2) is 4.79 Å². The Hall–Kier alpha value is -1.23. The molecule has 0 aliphatic rings. The number of nitrogen functional groups attached to an aromatic ring is 1. The Morgan fingerprint density at radius 3 is 2.67 bits per heavy atom. The predicted octanol–water partition coefficient (Wildman–Crippen LogP) is 1.52. The van der Waals surface area contributed by atoms with E-state index in [0.717, 1.165) is 4.47 Å². The molecule has 0 aromatic heterocycles. The molecule has 64 valence electrons. The lowest BCUT2D eigenvalue weighted by molar-refractivity contribution is 0.259. The first kappa shape index (κ1) is 8.86. The van der Waals surface area contributed by atoms with Crippen molar-refractivity contribution in [1.29, 1.82) is 0 Å². The molecule has 0 saturated carbocycles. The second-order valence-electron chi connectivity index (χ2n) is 2.23. The lowest BCUT2D eigenvalue weighted by Crippen LogP contribution is -2.19. The van der Waals surface area contributed by atoms with Crippen LogP contribution >= 0.6 is 15.9 Å². The number of amides is 2. The number of rotatable bonds is 1. The number of halogens is 1. The smallest absolute Gasteiger partial charge is 0.316 e. The van der Waals surface area contributed by atoms with E-state index in [1.807, 2.05) is 0 Å². The zero-order valence-corrected chi connectivity index (χ0v) is 7.76. The minimum atomic E-state index is -0.600. The van der Waals surface area contributed by atoms with E-state index in [-0.39, 0.29) is 0 Å². The molecule has 1 aromatic rings. The van der Waals surface area contributed by atoms with E-state index in [2.05, 4.69) is 21.2 Å². The zero-order valence-electron chi connectivity index (χ0n) is 6.17. The zero-order chi connectivity index (χ0) is 9.14. The van der Waals surface area contributed by atoms with Crippen molar-refractivity contribution >= 4 is 33.3 Å². The first-order valence-corrected chi connectivity index (χ1v) is 4.00. The van der Waals surface area contributed by atoms with Crippen LogP contribution in [-0.4, -0.2) is 6.03 Å². The van der Waals surface area contributed by atoms with Gasteiger partial charge in [0.15, 0.2) is 0 Å². The van der Waals surface area contributed by atoms with Crippen LogP contribution in [0.5, 0.6) is 0 Å². The van der Waals surface area contributed by atoms with Gasteiger partial charge in [-0.1, -0.05) is 0 Å². The van der Waals surface area contributed by atoms with Gasteiger partial charge < -0.3 is 16.8 Å². The third kappa shape index (κ3) is 2.13. The summed E-state index contributed by atoms with van der Waals surface area (Å²) in [4.78, 5) is 10.4. The molecular formula is C7H8BrN3O. The molecule has 0 aliphatic heterocycles. The molecule has 0 unspecified atom stereocenters. The van der Waals surface area contributed by atoms with Gasteiger partial charge in [0, 0.05) is 15.8 Å². The summed E-state index contributed by atoms with van der Waals surface area (Å²) in [5, 5.41) is 2.41. The van der Waals surface area contributed by atoms with Crippen LogP contribution in [0.3, 0.4) is 0 Å². The third-order valence-electron chi connectivity index (χ3n) is 1.26. The summed E-state index contributed by atoms with van der Waals surface area (Å²) < 4.78 is 0.789. The lowest BCUT2D eigenvalue weighted by atomic mass is 10.3. The first-order chi connectivity index (χ1) is 5.59. The van der Waals surface area contributed by atoms with Gasteiger partial charge in [-0.3, -0.25) is 0 Å². The summed E-state index contributed by atoms with van der Waals surface area (Å²) in [5.41, 5.74) is 11.6. The minimum absolute atomic E-state index is 0.557. The van der Waals surface area contributed by atoms with Crippen LogP contribution in [0, 0.1) is 0 Å². The normalized spacial score (nSPS) is 9.42. The van der Waals surface area contributed by atoms with Crippen LogP contribution in [0.1, 0.15) is 0 Å². The van der Waals surface area contributed by atoms with Gasteiger partial charge in [0.2, 0.25) is 0 Å². The topological polar surface area (TPSA) is 81.1 Å². The lowest BCUT2D eigenvalue weighted by Gasteiger charge is -2.03. The molecule has 5 N–H and O–H groups in total. The molecule has 0 spiro atoms. The highest BCUT2D eigenvalue weighted by molar-refractivity contribution is 9.10. The number of carbonyl (C=O) groups is 1. The monoisotopic (exact) mass is 229 g/mol. The van der Waals surface area contributed by atoms with Crippen LogP contribution in [-0.2, 0) is 0 Å². The molecule has 12 heavy (non-hydrogen) atoms. The molecule has 5 heteroatoms. The predicted molar refractivity (Wildman–Crippen MR) is 51.8 cm³/mol. The second-order valence-corrected chi connectivity index (χ2v) is 3.08. The fourth-order valence-electron chi connectivity index (χ4n) is 0.764. The molecule has 4 nitrogen and oxygen atoms in total. The minimum Gasteiger partial charge on any atom is -0.398 e. The Kier molecular flexibility index (Phi) is 2.54. The highest BCUT2D eigenvalue weighted by Gasteiger charge is 1.98. The molecular weight excluding hydrogens is 222 g/mol. The van der Waals surface area contributed by atoms with Crippen molar-refractivity contribution in [3.05, 3.63) is 22.7 Å². The van der Waals surface area contributed by atoms with E-state index in [1.165, 1.54) is 0 Å². The first-order valence-electron chi connectivity index (χ1n) is 3.21. The molecule has 0 aliphatic carbocycles. The molecule has 1 rings (SSSR count). The largest absolute Gasteiger partial charge is 0.398 e. The number of anilines is 2. The summed E-state index contributed by atoms with van der Waals surface area (Å²) in [6.07, 6.45) is 0. The number of primary amides is 1. The highest BCUT2D eigenvalue weighted by atomic mass is 79.9. The van der Waals surface area contributed by atoms with Crippen LogP contribution < -0.4 is 16.8 Å². The summed E-state index contributed by atoms with van der Waals surface area (Å²) in [5.74, 6) is 0. The van der Waals surface area contributed by atoms with Crippen LogP contribution in [0.15, 0.2) is 22.7 Å². The van der Waals surface area contributed by atoms with E-state index in [1.54, 1.807) is 18.2 Å². The summed E-state index contributed by atoms with van der Waals surface area (Å²) >= 11 is 3.23. The van der Waals surface area contributed by atoms with Crippen molar-refractivity contribution in [3.63, 3.8) is 0 Å². The fourth-order valence-corrected chi connectivity index (χ4v) is 1.01. The number of hydrogen-bond donors (Lipinski definition) is 3. The molecule has 0 bridgehead atoms. The number of carbonyl (C=O) groups excluding carboxylic acids is 1. The number of nitrogens with two attached hydrogens (primary N) is 2.